The maximum absolute atomic E-state index is 11.8. The van der Waals surface area contributed by atoms with Gasteiger partial charge in [-0.15, -0.1) is 0 Å². The first-order valence-electron chi connectivity index (χ1n) is 5.93. The van der Waals surface area contributed by atoms with Gasteiger partial charge in [0.2, 0.25) is 0 Å². The molecular weight excluding hydrogens is 252 g/mol. The molecule has 0 radical (unpaired) electrons. The predicted molar refractivity (Wildman–Crippen MR) is 73.1 cm³/mol. The molecule has 0 saturated carbocycles. The standard InChI is InChI=1S/C11H20N4O2S/c1-14(2)8-3-5-15(6-4-8)11(17)10(16)13-7-9(12)18/h8H,3-7H2,1-2H3,(H2,12,18)(H,13,16). The van der Waals surface area contributed by atoms with E-state index in [1.165, 1.54) is 0 Å². The van der Waals surface area contributed by atoms with Gasteiger partial charge in [-0.1, -0.05) is 12.2 Å². The number of hydrogen-bond acceptors (Lipinski definition) is 4. The molecule has 18 heavy (non-hydrogen) atoms. The average Bonchev–Trinajstić information content (AvgIpc) is 2.35. The van der Waals surface area contributed by atoms with Gasteiger partial charge in [-0.2, -0.15) is 0 Å². The first-order valence-corrected chi connectivity index (χ1v) is 6.34. The van der Waals surface area contributed by atoms with E-state index in [9.17, 15) is 9.59 Å². The highest BCUT2D eigenvalue weighted by Gasteiger charge is 2.27. The molecule has 0 aliphatic carbocycles. The molecule has 1 fully saturated rings. The van der Waals surface area contributed by atoms with E-state index in [2.05, 4.69) is 22.4 Å². The van der Waals surface area contributed by atoms with Gasteiger partial charge in [-0.05, 0) is 26.9 Å². The van der Waals surface area contributed by atoms with Crippen molar-refractivity contribution in [1.82, 2.24) is 15.1 Å². The minimum Gasteiger partial charge on any atom is -0.392 e. The molecule has 0 bridgehead atoms. The summed E-state index contributed by atoms with van der Waals surface area (Å²) in [5.41, 5.74) is 5.26. The van der Waals surface area contributed by atoms with Crippen molar-refractivity contribution in [3.63, 3.8) is 0 Å². The maximum Gasteiger partial charge on any atom is 0.311 e. The average molecular weight is 272 g/mol. The Labute approximate surface area is 112 Å². The Morgan fingerprint density at radius 1 is 1.39 bits per heavy atom. The van der Waals surface area contributed by atoms with Crippen molar-refractivity contribution < 1.29 is 9.59 Å². The van der Waals surface area contributed by atoms with Crippen LogP contribution in [-0.4, -0.2) is 66.4 Å². The van der Waals surface area contributed by atoms with E-state index < -0.39 is 11.8 Å². The number of piperidine rings is 1. The van der Waals surface area contributed by atoms with Crippen molar-refractivity contribution in [1.29, 1.82) is 0 Å². The summed E-state index contributed by atoms with van der Waals surface area (Å²) < 4.78 is 0. The van der Waals surface area contributed by atoms with Crippen LogP contribution in [0.3, 0.4) is 0 Å². The highest BCUT2D eigenvalue weighted by Crippen LogP contribution is 2.14. The van der Waals surface area contributed by atoms with Crippen molar-refractivity contribution in [3.05, 3.63) is 0 Å². The fourth-order valence-electron chi connectivity index (χ4n) is 1.97. The molecule has 0 spiro atoms. The zero-order valence-corrected chi connectivity index (χ0v) is 11.6. The number of nitrogens with zero attached hydrogens (tertiary/aromatic N) is 2. The number of thiocarbonyl (C=S) groups is 1. The Bertz CT molecular complexity index is 338. The van der Waals surface area contributed by atoms with E-state index in [-0.39, 0.29) is 11.5 Å². The van der Waals surface area contributed by atoms with Crippen LogP contribution in [-0.2, 0) is 9.59 Å². The van der Waals surface area contributed by atoms with E-state index in [0.29, 0.717) is 19.1 Å². The number of rotatable bonds is 3. The second-order valence-corrected chi connectivity index (χ2v) is 5.16. The highest BCUT2D eigenvalue weighted by molar-refractivity contribution is 7.80. The summed E-state index contributed by atoms with van der Waals surface area (Å²) in [7, 11) is 4.05. The second kappa shape index (κ2) is 6.65. The molecule has 2 amide bonds. The molecule has 0 aromatic carbocycles. The molecule has 1 aliphatic heterocycles. The van der Waals surface area contributed by atoms with Crippen LogP contribution in [0.1, 0.15) is 12.8 Å². The summed E-state index contributed by atoms with van der Waals surface area (Å²) in [6.07, 6.45) is 1.78. The Kier molecular flexibility index (Phi) is 5.49. The number of nitrogens with two attached hydrogens (primary N) is 1. The molecule has 7 heteroatoms. The van der Waals surface area contributed by atoms with Crippen LogP contribution in [0.15, 0.2) is 0 Å². The molecule has 1 rings (SSSR count). The fraction of sp³-hybridized carbons (Fsp3) is 0.727. The highest BCUT2D eigenvalue weighted by atomic mass is 32.1. The quantitative estimate of drug-likeness (QED) is 0.506. The Hall–Kier alpha value is -1.21. The zero-order chi connectivity index (χ0) is 13.7. The third-order valence-electron chi connectivity index (χ3n) is 3.10. The normalized spacial score (nSPS) is 16.7. The molecular formula is C11H20N4O2S. The van der Waals surface area contributed by atoms with E-state index in [1.54, 1.807) is 4.90 Å². The van der Waals surface area contributed by atoms with Gasteiger partial charge in [0, 0.05) is 19.1 Å². The van der Waals surface area contributed by atoms with Crippen molar-refractivity contribution in [2.24, 2.45) is 5.73 Å². The Morgan fingerprint density at radius 2 is 1.94 bits per heavy atom. The topological polar surface area (TPSA) is 78.7 Å². The first kappa shape index (κ1) is 14.8. The maximum atomic E-state index is 11.8. The lowest BCUT2D eigenvalue weighted by molar-refractivity contribution is -0.146. The number of likely N-dealkylation sites (tertiary alicyclic amines) is 1. The number of amides is 2. The van der Waals surface area contributed by atoms with Gasteiger partial charge in [-0.25, -0.2) is 0 Å². The van der Waals surface area contributed by atoms with Crippen LogP contribution in [0.25, 0.3) is 0 Å². The van der Waals surface area contributed by atoms with Gasteiger partial charge in [0.15, 0.2) is 0 Å². The third kappa shape index (κ3) is 4.23. The van der Waals surface area contributed by atoms with Crippen molar-refractivity contribution >= 4 is 29.0 Å². The molecule has 0 aromatic rings. The van der Waals surface area contributed by atoms with Crippen molar-refractivity contribution in [3.8, 4) is 0 Å². The first-order chi connectivity index (χ1) is 8.41. The molecule has 0 unspecified atom stereocenters. The van der Waals surface area contributed by atoms with Crippen LogP contribution < -0.4 is 11.1 Å². The van der Waals surface area contributed by atoms with Gasteiger partial charge in [0.1, 0.15) is 0 Å². The van der Waals surface area contributed by atoms with Gasteiger partial charge < -0.3 is 20.9 Å². The number of hydrogen-bond donors (Lipinski definition) is 2. The molecule has 1 aliphatic rings. The minimum atomic E-state index is -0.633. The third-order valence-corrected chi connectivity index (χ3v) is 3.24. The van der Waals surface area contributed by atoms with E-state index >= 15 is 0 Å². The number of carbonyl (C=O) groups is 2. The number of carbonyl (C=O) groups excluding carboxylic acids is 2. The molecule has 3 N–H and O–H groups in total. The monoisotopic (exact) mass is 272 g/mol. The second-order valence-electron chi connectivity index (χ2n) is 4.64. The predicted octanol–water partition coefficient (Wildman–Crippen LogP) is -1.06. The van der Waals surface area contributed by atoms with Gasteiger partial charge in [0.05, 0.1) is 11.5 Å². The van der Waals surface area contributed by atoms with Crippen molar-refractivity contribution in [2.75, 3.05) is 33.7 Å². The lowest BCUT2D eigenvalue weighted by atomic mass is 10.0. The summed E-state index contributed by atoms with van der Waals surface area (Å²) in [6.45, 7) is 1.29. The van der Waals surface area contributed by atoms with Crippen LogP contribution >= 0.6 is 12.2 Å². The SMILES string of the molecule is CN(C)C1CCN(C(=O)C(=O)NCC(N)=S)CC1. The zero-order valence-electron chi connectivity index (χ0n) is 10.8. The summed E-state index contributed by atoms with van der Waals surface area (Å²) in [6, 6.07) is 0.480. The van der Waals surface area contributed by atoms with Crippen LogP contribution in [0, 0.1) is 0 Å². The van der Waals surface area contributed by atoms with Crippen LogP contribution in [0.5, 0.6) is 0 Å². The smallest absolute Gasteiger partial charge is 0.311 e. The molecule has 0 aromatic heterocycles. The minimum absolute atomic E-state index is 0.0636. The molecule has 1 heterocycles. The van der Waals surface area contributed by atoms with E-state index in [4.69, 9.17) is 5.73 Å². The summed E-state index contributed by atoms with van der Waals surface area (Å²) in [4.78, 5) is 27.2. The fourth-order valence-corrected chi connectivity index (χ4v) is 2.04. The molecule has 102 valence electrons. The Morgan fingerprint density at radius 3 is 2.39 bits per heavy atom. The van der Waals surface area contributed by atoms with Gasteiger partial charge >= 0.3 is 11.8 Å². The van der Waals surface area contributed by atoms with Crippen molar-refractivity contribution in [2.45, 2.75) is 18.9 Å². The Balaban J connectivity index is 2.40. The molecule has 6 nitrogen and oxygen atoms in total. The summed E-state index contributed by atoms with van der Waals surface area (Å²) in [5.74, 6) is -1.13. The lowest BCUT2D eigenvalue weighted by Crippen LogP contribution is -2.50. The van der Waals surface area contributed by atoms with Gasteiger partial charge in [0.25, 0.3) is 0 Å². The van der Waals surface area contributed by atoms with E-state index in [0.717, 1.165) is 12.8 Å². The van der Waals surface area contributed by atoms with E-state index in [1.807, 2.05) is 14.1 Å². The van der Waals surface area contributed by atoms with Gasteiger partial charge in [-0.3, -0.25) is 9.59 Å². The molecule has 0 atom stereocenters. The summed E-state index contributed by atoms with van der Waals surface area (Å²) >= 11 is 4.63. The number of nitrogens with one attached hydrogen (secondary N) is 1. The largest absolute Gasteiger partial charge is 0.392 e. The van der Waals surface area contributed by atoms with Crippen LogP contribution in [0.4, 0.5) is 0 Å². The molecule has 1 saturated heterocycles. The summed E-state index contributed by atoms with van der Waals surface area (Å²) in [5, 5.41) is 2.41. The van der Waals surface area contributed by atoms with Crippen LogP contribution in [0.2, 0.25) is 0 Å². The lowest BCUT2D eigenvalue weighted by Gasteiger charge is -2.34.